The van der Waals surface area contributed by atoms with Gasteiger partial charge in [0.05, 0.1) is 7.11 Å². The number of amides is 2. The number of nitrogens with zero attached hydrogens (tertiary/aromatic N) is 1. The van der Waals surface area contributed by atoms with Gasteiger partial charge in [-0.3, -0.25) is 9.59 Å². The molecule has 0 unspecified atom stereocenters. The van der Waals surface area contributed by atoms with Crippen LogP contribution in [0.1, 0.15) is 17.3 Å². The summed E-state index contributed by atoms with van der Waals surface area (Å²) in [6.07, 6.45) is 0. The minimum atomic E-state index is -3.79. The van der Waals surface area contributed by atoms with Crippen LogP contribution in [0.5, 0.6) is 5.75 Å². The maximum atomic E-state index is 12.5. The first-order chi connectivity index (χ1) is 12.6. The maximum absolute atomic E-state index is 12.5. The predicted molar refractivity (Wildman–Crippen MR) is 103 cm³/mol. The first-order valence-electron chi connectivity index (χ1n) is 7.94. The van der Waals surface area contributed by atoms with Crippen molar-refractivity contribution in [1.29, 1.82) is 0 Å². The van der Waals surface area contributed by atoms with Gasteiger partial charge in [-0.25, -0.2) is 12.7 Å². The van der Waals surface area contributed by atoms with Gasteiger partial charge in [-0.15, -0.1) is 0 Å². The van der Waals surface area contributed by atoms with Gasteiger partial charge in [-0.2, -0.15) is 0 Å². The first-order valence-corrected chi connectivity index (χ1v) is 9.38. The largest absolute Gasteiger partial charge is 0.495 e. The molecule has 0 heterocycles. The van der Waals surface area contributed by atoms with Crippen molar-refractivity contribution >= 4 is 33.2 Å². The fourth-order valence-corrected chi connectivity index (χ4v) is 3.37. The van der Waals surface area contributed by atoms with Gasteiger partial charge < -0.3 is 15.4 Å². The Balaban J connectivity index is 2.33. The molecule has 2 rings (SSSR count). The highest BCUT2D eigenvalue weighted by atomic mass is 32.2. The number of nitrogens with one attached hydrogen (secondary N) is 2. The van der Waals surface area contributed by atoms with E-state index in [4.69, 9.17) is 4.74 Å². The van der Waals surface area contributed by atoms with Crippen LogP contribution in [0, 0.1) is 0 Å². The van der Waals surface area contributed by atoms with Gasteiger partial charge in [-0.05, 0) is 36.4 Å². The molecule has 9 heteroatoms. The highest BCUT2D eigenvalue weighted by Gasteiger charge is 2.24. The molecule has 8 nitrogen and oxygen atoms in total. The van der Waals surface area contributed by atoms with Crippen molar-refractivity contribution in [3.8, 4) is 5.75 Å². The molecule has 0 aromatic heterocycles. The molecule has 0 spiro atoms. The average Bonchev–Trinajstić information content (AvgIpc) is 2.60. The fourth-order valence-electron chi connectivity index (χ4n) is 2.30. The number of ether oxygens (including phenoxy) is 1. The molecule has 27 heavy (non-hydrogen) atoms. The van der Waals surface area contributed by atoms with Gasteiger partial charge in [0.1, 0.15) is 10.6 Å². The molecule has 0 radical (unpaired) electrons. The van der Waals surface area contributed by atoms with Gasteiger partial charge in [0.15, 0.2) is 0 Å². The molecule has 0 aliphatic rings. The van der Waals surface area contributed by atoms with Gasteiger partial charge in [-0.1, -0.05) is 6.07 Å². The zero-order chi connectivity index (χ0) is 20.2. The van der Waals surface area contributed by atoms with E-state index in [0.717, 1.165) is 4.31 Å². The molecule has 2 aromatic rings. The molecule has 2 N–H and O–H groups in total. The van der Waals surface area contributed by atoms with Crippen molar-refractivity contribution in [2.24, 2.45) is 0 Å². The second-order valence-corrected chi connectivity index (χ2v) is 7.99. The molecule has 0 aliphatic carbocycles. The van der Waals surface area contributed by atoms with E-state index in [2.05, 4.69) is 10.6 Å². The number of carbonyl (C=O) groups is 2. The third-order valence-corrected chi connectivity index (χ3v) is 5.46. The Hall–Kier alpha value is -2.91. The van der Waals surface area contributed by atoms with E-state index in [1.165, 1.54) is 46.3 Å². The molecule has 0 aliphatic heterocycles. The second kappa shape index (κ2) is 8.19. The lowest BCUT2D eigenvalue weighted by Crippen LogP contribution is -2.23. The molecule has 0 bridgehead atoms. The van der Waals surface area contributed by atoms with Crippen LogP contribution in [0.25, 0.3) is 0 Å². The Morgan fingerprint density at radius 2 is 1.63 bits per heavy atom. The van der Waals surface area contributed by atoms with Crippen LogP contribution in [0.2, 0.25) is 0 Å². The van der Waals surface area contributed by atoms with E-state index in [0.29, 0.717) is 11.4 Å². The lowest BCUT2D eigenvalue weighted by atomic mass is 10.2. The molecule has 0 atom stereocenters. The number of hydrogen-bond acceptors (Lipinski definition) is 5. The predicted octanol–water partition coefficient (Wildman–Crippen LogP) is 2.16. The SMILES string of the molecule is COc1ccc(C(=O)Nc2cccc(NC(C)=O)c2)cc1S(=O)(=O)N(C)C. The minimum Gasteiger partial charge on any atom is -0.495 e. The summed E-state index contributed by atoms with van der Waals surface area (Å²) < 4.78 is 31.1. The van der Waals surface area contributed by atoms with E-state index >= 15 is 0 Å². The molecule has 2 aromatic carbocycles. The second-order valence-electron chi connectivity index (χ2n) is 5.87. The summed E-state index contributed by atoms with van der Waals surface area (Å²) in [6, 6.07) is 10.8. The van der Waals surface area contributed by atoms with Crippen LogP contribution in [-0.4, -0.2) is 45.7 Å². The monoisotopic (exact) mass is 391 g/mol. The summed E-state index contributed by atoms with van der Waals surface area (Å²) in [5.74, 6) is -0.576. The third-order valence-electron chi connectivity index (χ3n) is 3.63. The third kappa shape index (κ3) is 4.83. The summed E-state index contributed by atoms with van der Waals surface area (Å²) in [7, 11) is 0.366. The van der Waals surface area contributed by atoms with E-state index < -0.39 is 15.9 Å². The van der Waals surface area contributed by atoms with Crippen molar-refractivity contribution in [3.63, 3.8) is 0 Å². The van der Waals surface area contributed by atoms with E-state index in [-0.39, 0.29) is 22.1 Å². The van der Waals surface area contributed by atoms with Crippen LogP contribution in [0.15, 0.2) is 47.4 Å². The smallest absolute Gasteiger partial charge is 0.255 e. The van der Waals surface area contributed by atoms with Crippen molar-refractivity contribution in [1.82, 2.24) is 4.31 Å². The minimum absolute atomic E-state index is 0.102. The lowest BCUT2D eigenvalue weighted by molar-refractivity contribution is -0.114. The van der Waals surface area contributed by atoms with Gasteiger partial charge >= 0.3 is 0 Å². The summed E-state index contributed by atoms with van der Waals surface area (Å²) in [5.41, 5.74) is 1.14. The van der Waals surface area contributed by atoms with Crippen LogP contribution in [-0.2, 0) is 14.8 Å². The van der Waals surface area contributed by atoms with Gasteiger partial charge in [0, 0.05) is 38.0 Å². The summed E-state index contributed by atoms with van der Waals surface area (Å²) in [5, 5.41) is 5.30. The average molecular weight is 391 g/mol. The Morgan fingerprint density at radius 1 is 1.00 bits per heavy atom. The van der Waals surface area contributed by atoms with Gasteiger partial charge in [0.25, 0.3) is 5.91 Å². The fraction of sp³-hybridized carbons (Fsp3) is 0.222. The van der Waals surface area contributed by atoms with Crippen molar-refractivity contribution in [2.45, 2.75) is 11.8 Å². The Bertz CT molecular complexity index is 971. The first kappa shape index (κ1) is 20.4. The standard InChI is InChI=1S/C18H21N3O5S/c1-12(22)19-14-6-5-7-15(11-14)20-18(23)13-8-9-16(26-4)17(10-13)27(24,25)21(2)3/h5-11H,1-4H3,(H,19,22)(H,20,23). The molecule has 144 valence electrons. The number of hydrogen-bond donors (Lipinski definition) is 2. The van der Waals surface area contributed by atoms with E-state index in [1.54, 1.807) is 24.3 Å². The molecular formula is C18H21N3O5S. The van der Waals surface area contributed by atoms with Crippen LogP contribution < -0.4 is 15.4 Å². The number of rotatable bonds is 6. The number of methoxy groups -OCH3 is 1. The highest BCUT2D eigenvalue weighted by Crippen LogP contribution is 2.27. The summed E-state index contributed by atoms with van der Waals surface area (Å²) in [6.45, 7) is 1.38. The van der Waals surface area contributed by atoms with Crippen LogP contribution >= 0.6 is 0 Å². The van der Waals surface area contributed by atoms with Crippen molar-refractivity contribution < 1.29 is 22.7 Å². The summed E-state index contributed by atoms with van der Waals surface area (Å²) in [4.78, 5) is 23.6. The normalized spacial score (nSPS) is 11.1. The molecule has 0 fully saturated rings. The maximum Gasteiger partial charge on any atom is 0.255 e. The van der Waals surface area contributed by atoms with Gasteiger partial charge in [0.2, 0.25) is 15.9 Å². The Morgan fingerprint density at radius 3 is 2.19 bits per heavy atom. The van der Waals surface area contributed by atoms with E-state index in [1.807, 2.05) is 0 Å². The summed E-state index contributed by atoms with van der Waals surface area (Å²) >= 11 is 0. The zero-order valence-electron chi connectivity index (χ0n) is 15.4. The lowest BCUT2D eigenvalue weighted by Gasteiger charge is -2.15. The molecule has 0 saturated carbocycles. The van der Waals surface area contributed by atoms with Crippen LogP contribution in [0.3, 0.4) is 0 Å². The topological polar surface area (TPSA) is 105 Å². The quantitative estimate of drug-likeness (QED) is 0.785. The molecule has 2 amide bonds. The van der Waals surface area contributed by atoms with Crippen molar-refractivity contribution in [3.05, 3.63) is 48.0 Å². The zero-order valence-corrected chi connectivity index (χ0v) is 16.3. The number of sulfonamides is 1. The molecular weight excluding hydrogens is 370 g/mol. The number of carbonyl (C=O) groups excluding carboxylic acids is 2. The Labute approximate surface area is 158 Å². The van der Waals surface area contributed by atoms with E-state index in [9.17, 15) is 18.0 Å². The van der Waals surface area contributed by atoms with Crippen molar-refractivity contribution in [2.75, 3.05) is 31.8 Å². The Kier molecular flexibility index (Phi) is 6.19. The number of anilines is 2. The number of benzene rings is 2. The molecule has 0 saturated heterocycles. The van der Waals surface area contributed by atoms with Crippen LogP contribution in [0.4, 0.5) is 11.4 Å². The highest BCUT2D eigenvalue weighted by molar-refractivity contribution is 7.89.